The molecule has 2 heterocycles. The summed E-state index contributed by atoms with van der Waals surface area (Å²) in [6, 6.07) is 16.0. The molecule has 0 unspecified atom stereocenters. The van der Waals surface area contributed by atoms with Crippen LogP contribution in [0.5, 0.6) is 5.75 Å². The lowest BCUT2D eigenvalue weighted by Gasteiger charge is -2.04. The first-order valence-corrected chi connectivity index (χ1v) is 10.5. The number of amides is 1. The predicted molar refractivity (Wildman–Crippen MR) is 120 cm³/mol. The van der Waals surface area contributed by atoms with Gasteiger partial charge in [0.2, 0.25) is 0 Å². The molecule has 2 aromatic heterocycles. The molecule has 0 aliphatic rings. The summed E-state index contributed by atoms with van der Waals surface area (Å²) in [5.74, 6) is 0.805. The zero-order chi connectivity index (χ0) is 23.1. The molecule has 0 aliphatic heterocycles. The van der Waals surface area contributed by atoms with Crippen molar-refractivity contribution < 1.29 is 13.9 Å². The second kappa shape index (κ2) is 10.1. The van der Waals surface area contributed by atoms with Gasteiger partial charge in [-0.2, -0.15) is 15.8 Å². The number of anilines is 1. The van der Waals surface area contributed by atoms with Gasteiger partial charge in [-0.1, -0.05) is 6.92 Å². The van der Waals surface area contributed by atoms with Crippen LogP contribution in [-0.4, -0.2) is 5.91 Å². The molecule has 0 aliphatic carbocycles. The maximum Gasteiger partial charge on any atom is 0.267 e. The highest BCUT2D eigenvalue weighted by molar-refractivity contribution is 7.16. The van der Waals surface area contributed by atoms with E-state index in [1.807, 2.05) is 26.0 Å². The van der Waals surface area contributed by atoms with Crippen molar-refractivity contribution in [3.63, 3.8) is 0 Å². The first kappa shape index (κ1) is 22.4. The first-order valence-electron chi connectivity index (χ1n) is 9.66. The Balaban J connectivity index is 1.69. The zero-order valence-corrected chi connectivity index (χ0v) is 18.2. The van der Waals surface area contributed by atoms with Gasteiger partial charge in [0.05, 0.1) is 17.2 Å². The van der Waals surface area contributed by atoms with Crippen LogP contribution >= 0.6 is 11.3 Å². The van der Waals surface area contributed by atoms with Crippen LogP contribution in [0.1, 0.15) is 40.0 Å². The molecule has 8 heteroatoms. The number of nitrogens with zero attached hydrogens (tertiary/aromatic N) is 3. The van der Waals surface area contributed by atoms with E-state index in [2.05, 4.69) is 11.4 Å². The summed E-state index contributed by atoms with van der Waals surface area (Å²) in [4.78, 5) is 13.6. The third-order valence-electron chi connectivity index (χ3n) is 4.60. The molecule has 7 nitrogen and oxygen atoms in total. The van der Waals surface area contributed by atoms with E-state index >= 15 is 0 Å². The Morgan fingerprint density at radius 3 is 2.53 bits per heavy atom. The molecular weight excluding hydrogens is 424 g/mol. The highest BCUT2D eigenvalue weighted by Crippen LogP contribution is 2.33. The molecule has 1 aromatic carbocycles. The van der Waals surface area contributed by atoms with Crippen LogP contribution in [0.4, 0.5) is 5.00 Å². The van der Waals surface area contributed by atoms with Crippen molar-refractivity contribution in [3.8, 4) is 24.0 Å². The van der Waals surface area contributed by atoms with Crippen LogP contribution in [0.3, 0.4) is 0 Å². The van der Waals surface area contributed by atoms with Crippen molar-refractivity contribution >= 4 is 28.3 Å². The fourth-order valence-electron chi connectivity index (χ4n) is 3.00. The van der Waals surface area contributed by atoms with E-state index < -0.39 is 5.91 Å². The van der Waals surface area contributed by atoms with Crippen LogP contribution in [0.25, 0.3) is 6.08 Å². The fourth-order valence-corrected chi connectivity index (χ4v) is 4.09. The van der Waals surface area contributed by atoms with Crippen LogP contribution in [-0.2, 0) is 17.8 Å². The minimum Gasteiger partial charge on any atom is -0.486 e. The number of thiophene rings is 1. The highest BCUT2D eigenvalue weighted by Gasteiger charge is 2.18. The smallest absolute Gasteiger partial charge is 0.267 e. The monoisotopic (exact) mass is 442 g/mol. The number of rotatable bonds is 7. The Morgan fingerprint density at radius 1 is 1.16 bits per heavy atom. The zero-order valence-electron chi connectivity index (χ0n) is 17.4. The highest BCUT2D eigenvalue weighted by atomic mass is 32.1. The van der Waals surface area contributed by atoms with Crippen molar-refractivity contribution in [3.05, 3.63) is 75.1 Å². The molecule has 32 heavy (non-hydrogen) atoms. The molecule has 1 amide bonds. The molecule has 158 valence electrons. The lowest BCUT2D eigenvalue weighted by atomic mass is 10.1. The van der Waals surface area contributed by atoms with E-state index in [-0.39, 0.29) is 12.2 Å². The van der Waals surface area contributed by atoms with Gasteiger partial charge in [0.15, 0.2) is 0 Å². The van der Waals surface area contributed by atoms with Gasteiger partial charge < -0.3 is 14.5 Å². The third kappa shape index (κ3) is 5.05. The van der Waals surface area contributed by atoms with Crippen LogP contribution in [0.2, 0.25) is 0 Å². The summed E-state index contributed by atoms with van der Waals surface area (Å²) < 4.78 is 11.2. The van der Waals surface area contributed by atoms with E-state index in [1.54, 1.807) is 36.4 Å². The maximum absolute atomic E-state index is 12.6. The Hall–Kier alpha value is -4.32. The van der Waals surface area contributed by atoms with Crippen molar-refractivity contribution in [1.29, 1.82) is 15.8 Å². The predicted octanol–water partition coefficient (Wildman–Crippen LogP) is 5.08. The fraction of sp³-hybridized carbons (Fsp3) is 0.167. The summed E-state index contributed by atoms with van der Waals surface area (Å²) >= 11 is 1.31. The van der Waals surface area contributed by atoms with Crippen LogP contribution < -0.4 is 10.1 Å². The first-order chi connectivity index (χ1) is 15.5. The maximum atomic E-state index is 12.6. The van der Waals surface area contributed by atoms with Gasteiger partial charge in [0.1, 0.15) is 46.6 Å². The van der Waals surface area contributed by atoms with Crippen LogP contribution in [0, 0.1) is 40.9 Å². The van der Waals surface area contributed by atoms with Crippen molar-refractivity contribution in [2.75, 3.05) is 5.32 Å². The summed E-state index contributed by atoms with van der Waals surface area (Å²) in [7, 11) is 0. The summed E-state index contributed by atoms with van der Waals surface area (Å²) in [5, 5.41) is 30.8. The van der Waals surface area contributed by atoms with E-state index in [4.69, 9.17) is 14.4 Å². The molecule has 0 fully saturated rings. The van der Waals surface area contributed by atoms with E-state index in [0.717, 1.165) is 10.4 Å². The number of nitriles is 3. The number of carbonyl (C=O) groups is 1. The summed E-state index contributed by atoms with van der Waals surface area (Å²) in [5.41, 5.74) is 1.72. The minimum atomic E-state index is -0.611. The van der Waals surface area contributed by atoms with Gasteiger partial charge in [-0.25, -0.2) is 0 Å². The molecule has 0 atom stereocenters. The molecular formula is C24H18N4O3S. The van der Waals surface area contributed by atoms with E-state index in [0.29, 0.717) is 39.8 Å². The number of benzene rings is 1. The van der Waals surface area contributed by atoms with E-state index in [9.17, 15) is 15.3 Å². The molecule has 3 rings (SSSR count). The number of ether oxygens (including phenoxy) is 1. The molecule has 0 radical (unpaired) electrons. The van der Waals surface area contributed by atoms with Gasteiger partial charge >= 0.3 is 0 Å². The molecule has 0 saturated carbocycles. The van der Waals surface area contributed by atoms with Gasteiger partial charge in [0, 0.05) is 11.0 Å². The molecule has 3 aromatic rings. The quantitative estimate of drug-likeness (QED) is 0.402. The minimum absolute atomic E-state index is 0.146. The number of nitrogens with one attached hydrogen (secondary N) is 1. The number of carbonyl (C=O) groups excluding carboxylic acids is 1. The Kier molecular flexibility index (Phi) is 7.08. The Bertz CT molecular complexity index is 1290. The van der Waals surface area contributed by atoms with Gasteiger partial charge in [-0.3, -0.25) is 4.79 Å². The van der Waals surface area contributed by atoms with Gasteiger partial charge in [-0.15, -0.1) is 11.3 Å². The number of hydrogen-bond acceptors (Lipinski definition) is 7. The Morgan fingerprint density at radius 2 is 1.91 bits per heavy atom. The van der Waals surface area contributed by atoms with Crippen molar-refractivity contribution in [1.82, 2.24) is 0 Å². The summed E-state index contributed by atoms with van der Waals surface area (Å²) in [6.45, 7) is 3.99. The lowest BCUT2D eigenvalue weighted by molar-refractivity contribution is -0.112. The average molecular weight is 443 g/mol. The third-order valence-corrected chi connectivity index (χ3v) is 5.66. The second-order valence-corrected chi connectivity index (χ2v) is 7.88. The number of aryl methyl sites for hydroxylation is 1. The SMILES string of the molecule is CCc1c(C)sc(NC(=O)/C(C#N)=C/c2ccc(COc3ccc(C#N)cc3)o2)c1C#N. The molecule has 0 saturated heterocycles. The number of hydrogen-bond donors (Lipinski definition) is 1. The van der Waals surface area contributed by atoms with E-state index in [1.165, 1.54) is 17.4 Å². The van der Waals surface area contributed by atoms with Crippen molar-refractivity contribution in [2.45, 2.75) is 26.9 Å². The molecule has 0 bridgehead atoms. The van der Waals surface area contributed by atoms with Gasteiger partial charge in [0.25, 0.3) is 5.91 Å². The normalized spacial score (nSPS) is 10.7. The average Bonchev–Trinajstić information content (AvgIpc) is 3.38. The van der Waals surface area contributed by atoms with Crippen molar-refractivity contribution in [2.24, 2.45) is 0 Å². The Labute approximate surface area is 189 Å². The topological polar surface area (TPSA) is 123 Å². The second-order valence-electron chi connectivity index (χ2n) is 6.66. The summed E-state index contributed by atoms with van der Waals surface area (Å²) in [6.07, 6.45) is 2.02. The standard InChI is InChI=1S/C24H18N4O3S/c1-3-21-15(2)32-24(22(21)13-27)28-23(29)17(12-26)10-19-8-9-20(31-19)14-30-18-6-4-16(11-25)5-7-18/h4-10H,3,14H2,1-2H3,(H,28,29)/b17-10+. The largest absolute Gasteiger partial charge is 0.486 e. The molecule has 1 N–H and O–H groups in total. The van der Waals surface area contributed by atoms with Gasteiger partial charge in [-0.05, 0) is 55.3 Å². The van der Waals surface area contributed by atoms with Crippen LogP contribution in [0.15, 0.2) is 46.4 Å². The lowest BCUT2D eigenvalue weighted by Crippen LogP contribution is -2.13. The molecule has 0 spiro atoms. The number of furan rings is 1.